The van der Waals surface area contributed by atoms with Gasteiger partial charge in [-0.25, -0.2) is 0 Å². The van der Waals surface area contributed by atoms with Gasteiger partial charge in [-0.2, -0.15) is 0 Å². The van der Waals surface area contributed by atoms with Gasteiger partial charge in [0, 0.05) is 31.7 Å². The van der Waals surface area contributed by atoms with Crippen molar-refractivity contribution < 1.29 is 19.1 Å². The van der Waals surface area contributed by atoms with Crippen LogP contribution >= 0.6 is 0 Å². The van der Waals surface area contributed by atoms with Crippen molar-refractivity contribution in [3.63, 3.8) is 0 Å². The fraction of sp³-hybridized carbons (Fsp3) is 0.211. The van der Waals surface area contributed by atoms with Crippen LogP contribution in [0.5, 0.6) is 5.75 Å². The number of nitrogens with one attached hydrogen (secondary N) is 1. The van der Waals surface area contributed by atoms with Gasteiger partial charge >= 0.3 is 5.97 Å². The van der Waals surface area contributed by atoms with Crippen LogP contribution in [0.15, 0.2) is 127 Å². The van der Waals surface area contributed by atoms with Crippen molar-refractivity contribution in [3.8, 4) is 5.75 Å². The summed E-state index contributed by atoms with van der Waals surface area (Å²) in [5.74, 6) is 0.221. The maximum Gasteiger partial charge on any atom is 0.306 e. The molecule has 1 atom stereocenters. The summed E-state index contributed by atoms with van der Waals surface area (Å²) in [6.45, 7) is 3.12. The van der Waals surface area contributed by atoms with Gasteiger partial charge in [-0.15, -0.1) is 0 Å². The average molecular weight is 587 g/mol. The highest BCUT2D eigenvalue weighted by Gasteiger charge is 2.23. The van der Waals surface area contributed by atoms with E-state index >= 15 is 0 Å². The van der Waals surface area contributed by atoms with Crippen LogP contribution in [0.3, 0.4) is 0 Å². The molecule has 0 bridgehead atoms. The summed E-state index contributed by atoms with van der Waals surface area (Å²) in [6, 6.07) is 41.6. The topological polar surface area (TPSA) is 67.9 Å². The maximum atomic E-state index is 13.9. The number of carbonyl (C=O) groups excluding carboxylic acids is 2. The third-order valence-corrected chi connectivity index (χ3v) is 7.57. The van der Waals surface area contributed by atoms with Crippen LogP contribution in [0, 0.1) is 0 Å². The second-order valence-electron chi connectivity index (χ2n) is 10.7. The predicted molar refractivity (Wildman–Crippen MR) is 175 cm³/mol. The van der Waals surface area contributed by atoms with Crippen molar-refractivity contribution >= 4 is 22.5 Å². The summed E-state index contributed by atoms with van der Waals surface area (Å²) < 4.78 is 11.0. The molecule has 6 nitrogen and oxygen atoms in total. The zero-order valence-electron chi connectivity index (χ0n) is 25.0. The minimum absolute atomic E-state index is 0.0922. The number of benzene rings is 5. The summed E-state index contributed by atoms with van der Waals surface area (Å²) in [4.78, 5) is 28.1. The molecule has 0 saturated heterocycles. The van der Waals surface area contributed by atoms with Crippen molar-refractivity contribution in [2.45, 2.75) is 25.6 Å². The molecule has 0 spiro atoms. The van der Waals surface area contributed by atoms with Crippen LogP contribution in [0.2, 0.25) is 0 Å². The number of hydrogen-bond acceptors (Lipinski definition) is 6. The first kappa shape index (κ1) is 30.7. The summed E-state index contributed by atoms with van der Waals surface area (Å²) in [7, 11) is 1.36. The lowest BCUT2D eigenvalue weighted by molar-refractivity contribution is -0.140. The number of ketones is 1. The van der Waals surface area contributed by atoms with Gasteiger partial charge in [0.15, 0.2) is 5.78 Å². The van der Waals surface area contributed by atoms with E-state index in [0.29, 0.717) is 24.5 Å². The van der Waals surface area contributed by atoms with Crippen molar-refractivity contribution in [2.24, 2.45) is 0 Å². The minimum Gasteiger partial charge on any atom is -0.492 e. The highest BCUT2D eigenvalue weighted by atomic mass is 16.5. The molecular weight excluding hydrogens is 548 g/mol. The van der Waals surface area contributed by atoms with Crippen molar-refractivity contribution in [1.29, 1.82) is 0 Å². The second-order valence-corrected chi connectivity index (χ2v) is 10.7. The monoisotopic (exact) mass is 586 g/mol. The van der Waals surface area contributed by atoms with Crippen LogP contribution in [0.1, 0.15) is 39.5 Å². The van der Waals surface area contributed by atoms with Gasteiger partial charge in [0.25, 0.3) is 0 Å². The largest absolute Gasteiger partial charge is 0.492 e. The van der Waals surface area contributed by atoms with Gasteiger partial charge in [0.05, 0.1) is 19.6 Å². The van der Waals surface area contributed by atoms with E-state index in [-0.39, 0.29) is 18.2 Å². The molecule has 0 heterocycles. The van der Waals surface area contributed by atoms with Crippen LogP contribution in [-0.2, 0) is 22.6 Å². The Kier molecular flexibility index (Phi) is 10.9. The quantitative estimate of drug-likeness (QED) is 0.105. The molecule has 0 radical (unpaired) electrons. The van der Waals surface area contributed by atoms with E-state index in [2.05, 4.69) is 58.7 Å². The van der Waals surface area contributed by atoms with E-state index in [1.54, 1.807) is 6.07 Å². The van der Waals surface area contributed by atoms with E-state index in [1.165, 1.54) is 18.2 Å². The van der Waals surface area contributed by atoms with E-state index < -0.39 is 6.04 Å². The van der Waals surface area contributed by atoms with E-state index in [9.17, 15) is 9.59 Å². The van der Waals surface area contributed by atoms with Gasteiger partial charge in [-0.05, 0) is 45.7 Å². The number of fused-ring (bicyclic) bond motifs is 1. The first-order chi connectivity index (χ1) is 21.6. The number of hydrogen-bond donors (Lipinski definition) is 1. The van der Waals surface area contributed by atoms with E-state index in [4.69, 9.17) is 9.47 Å². The Hall–Kier alpha value is -4.78. The lowest BCUT2D eigenvalue weighted by atomic mass is 9.95. The summed E-state index contributed by atoms with van der Waals surface area (Å²) >= 11 is 0. The average Bonchev–Trinajstić information content (AvgIpc) is 3.07. The number of Topliss-reactive ketones (excluding diaryl/α,β-unsaturated/α-hetero) is 1. The highest BCUT2D eigenvalue weighted by Crippen LogP contribution is 2.25. The van der Waals surface area contributed by atoms with Crippen LogP contribution in [-0.4, -0.2) is 43.5 Å². The molecule has 0 fully saturated rings. The van der Waals surface area contributed by atoms with Crippen LogP contribution in [0.4, 0.5) is 0 Å². The van der Waals surface area contributed by atoms with Gasteiger partial charge in [0.1, 0.15) is 12.4 Å². The Morgan fingerprint density at radius 1 is 0.727 bits per heavy atom. The molecule has 0 aliphatic rings. The third-order valence-electron chi connectivity index (χ3n) is 7.57. The lowest BCUT2D eigenvalue weighted by Crippen LogP contribution is -2.31. The Bertz CT molecular complexity index is 1610. The van der Waals surface area contributed by atoms with Gasteiger partial charge in [-0.1, -0.05) is 109 Å². The second kappa shape index (κ2) is 15.6. The summed E-state index contributed by atoms with van der Waals surface area (Å²) in [5.41, 5.74) is 3.87. The molecule has 0 aromatic heterocycles. The molecule has 1 N–H and O–H groups in total. The summed E-state index contributed by atoms with van der Waals surface area (Å²) in [5, 5.41) is 5.43. The molecule has 0 aliphatic heterocycles. The van der Waals surface area contributed by atoms with Gasteiger partial charge in [-0.3, -0.25) is 14.5 Å². The Morgan fingerprint density at radius 2 is 1.39 bits per heavy atom. The predicted octanol–water partition coefficient (Wildman–Crippen LogP) is 7.00. The Labute approximate surface area is 259 Å². The molecule has 0 saturated carbocycles. The fourth-order valence-electron chi connectivity index (χ4n) is 5.27. The molecule has 5 rings (SSSR count). The maximum absolute atomic E-state index is 13.9. The first-order valence-electron chi connectivity index (χ1n) is 15.0. The molecule has 5 aromatic carbocycles. The molecule has 224 valence electrons. The molecule has 0 amide bonds. The number of carbonyl (C=O) groups is 2. The highest BCUT2D eigenvalue weighted by molar-refractivity contribution is 6.01. The Balaban J connectivity index is 1.28. The smallest absolute Gasteiger partial charge is 0.306 e. The van der Waals surface area contributed by atoms with Crippen molar-refractivity contribution in [3.05, 3.63) is 150 Å². The normalized spacial score (nSPS) is 11.8. The number of rotatable bonds is 15. The zero-order chi connectivity index (χ0) is 30.6. The lowest BCUT2D eigenvalue weighted by Gasteiger charge is -2.23. The first-order valence-corrected chi connectivity index (χ1v) is 15.0. The number of methoxy groups -OCH3 is 1. The van der Waals surface area contributed by atoms with Crippen molar-refractivity contribution in [2.75, 3.05) is 26.8 Å². The van der Waals surface area contributed by atoms with Gasteiger partial charge < -0.3 is 14.8 Å². The Morgan fingerprint density at radius 3 is 2.07 bits per heavy atom. The minimum atomic E-state index is -0.633. The van der Waals surface area contributed by atoms with E-state index in [1.807, 2.05) is 72.8 Å². The van der Waals surface area contributed by atoms with Crippen LogP contribution < -0.4 is 10.1 Å². The number of ether oxygens (including phenoxy) is 2. The summed E-state index contributed by atoms with van der Waals surface area (Å²) in [6.07, 6.45) is 0.166. The number of nitrogens with zero attached hydrogens (tertiary/aromatic N) is 1. The molecule has 6 heteroatoms. The molecule has 0 aliphatic carbocycles. The SMILES string of the molecule is COC(=O)CCNC(C(=O)c1cccc(OCCN(Cc2ccccc2)Cc2ccccc2)c1)c1ccc2ccccc2c1. The van der Waals surface area contributed by atoms with Crippen LogP contribution in [0.25, 0.3) is 10.8 Å². The van der Waals surface area contributed by atoms with E-state index in [0.717, 1.165) is 36.0 Å². The van der Waals surface area contributed by atoms with Crippen molar-refractivity contribution in [1.82, 2.24) is 10.2 Å². The molecule has 1 unspecified atom stereocenters. The molecular formula is C38H38N2O4. The number of esters is 1. The molecule has 5 aromatic rings. The van der Waals surface area contributed by atoms with Gasteiger partial charge in [0.2, 0.25) is 0 Å². The fourth-order valence-corrected chi connectivity index (χ4v) is 5.27. The standard InChI is InChI=1S/C38H38N2O4/c1-43-36(41)21-22-39-37(33-20-19-31-15-8-9-16-32(31)25-33)38(42)34-17-10-18-35(26-34)44-24-23-40(27-29-11-4-2-5-12-29)28-30-13-6-3-7-14-30/h2-20,25-26,37,39H,21-24,27-28H2,1H3. The molecule has 44 heavy (non-hydrogen) atoms. The third kappa shape index (κ3) is 8.63. The zero-order valence-corrected chi connectivity index (χ0v) is 25.0.